The van der Waals surface area contributed by atoms with Gasteiger partial charge in [0.05, 0.1) is 10.7 Å². The van der Waals surface area contributed by atoms with Crippen LogP contribution in [-0.4, -0.2) is 5.91 Å². The third-order valence-electron chi connectivity index (χ3n) is 2.36. The molecule has 0 aliphatic carbocycles. The van der Waals surface area contributed by atoms with Crippen LogP contribution >= 0.6 is 27.5 Å². The van der Waals surface area contributed by atoms with E-state index in [1.807, 2.05) is 0 Å². The van der Waals surface area contributed by atoms with Gasteiger partial charge in [0.15, 0.2) is 0 Å². The second-order valence-electron chi connectivity index (χ2n) is 3.85. The first-order valence-corrected chi connectivity index (χ1v) is 6.45. The molecule has 2 rings (SSSR count). The van der Waals surface area contributed by atoms with Gasteiger partial charge in [0, 0.05) is 15.7 Å². The summed E-state index contributed by atoms with van der Waals surface area (Å²) >= 11 is 9.06. The number of hydrogen-bond donors (Lipinski definition) is 2. The van der Waals surface area contributed by atoms with Gasteiger partial charge >= 0.3 is 0 Å². The molecule has 0 fully saturated rings. The van der Waals surface area contributed by atoms with Crippen molar-refractivity contribution in [3.05, 3.63) is 57.3 Å². The smallest absolute Gasteiger partial charge is 0.255 e. The number of amides is 1. The van der Waals surface area contributed by atoms with Crippen molar-refractivity contribution in [3.63, 3.8) is 0 Å². The molecule has 6 heteroatoms. The molecule has 2 aromatic rings. The number of rotatable bonds is 2. The number of carbonyl (C=O) groups is 1. The van der Waals surface area contributed by atoms with Crippen LogP contribution in [0.5, 0.6) is 0 Å². The van der Waals surface area contributed by atoms with Crippen LogP contribution in [0.1, 0.15) is 10.4 Å². The summed E-state index contributed by atoms with van der Waals surface area (Å²) in [6, 6.07) is 8.66. The van der Waals surface area contributed by atoms with E-state index in [0.29, 0.717) is 20.9 Å². The lowest BCUT2D eigenvalue weighted by Crippen LogP contribution is -2.12. The van der Waals surface area contributed by atoms with Gasteiger partial charge in [-0.3, -0.25) is 4.79 Å². The maximum absolute atomic E-state index is 13.2. The van der Waals surface area contributed by atoms with Crippen LogP contribution in [0.4, 0.5) is 15.8 Å². The molecule has 3 nitrogen and oxygen atoms in total. The Labute approximate surface area is 122 Å². The topological polar surface area (TPSA) is 55.1 Å². The Kier molecular flexibility index (Phi) is 4.07. The molecule has 0 aromatic heterocycles. The minimum Gasteiger partial charge on any atom is -0.399 e. The summed E-state index contributed by atoms with van der Waals surface area (Å²) in [5.41, 5.74) is 6.65. The lowest BCUT2D eigenvalue weighted by molar-refractivity contribution is 0.102. The first-order chi connectivity index (χ1) is 8.95. The van der Waals surface area contributed by atoms with Gasteiger partial charge in [0.1, 0.15) is 5.82 Å². The van der Waals surface area contributed by atoms with Crippen molar-refractivity contribution in [2.45, 2.75) is 0 Å². The summed E-state index contributed by atoms with van der Waals surface area (Å²) in [6.45, 7) is 0. The van der Waals surface area contributed by atoms with Gasteiger partial charge in [-0.25, -0.2) is 4.39 Å². The Hall–Kier alpha value is -1.59. The van der Waals surface area contributed by atoms with E-state index in [9.17, 15) is 9.18 Å². The van der Waals surface area contributed by atoms with E-state index >= 15 is 0 Å². The molecular formula is C13H9BrClFN2O. The molecule has 0 heterocycles. The van der Waals surface area contributed by atoms with E-state index in [-0.39, 0.29) is 5.56 Å². The van der Waals surface area contributed by atoms with E-state index in [1.165, 1.54) is 18.2 Å². The number of benzene rings is 2. The molecule has 0 radical (unpaired) electrons. The molecule has 0 unspecified atom stereocenters. The van der Waals surface area contributed by atoms with Crippen LogP contribution in [0.2, 0.25) is 5.02 Å². The summed E-state index contributed by atoms with van der Waals surface area (Å²) in [6.07, 6.45) is 0. The first kappa shape index (κ1) is 13.8. The molecule has 1 amide bonds. The molecular weight excluding hydrogens is 335 g/mol. The van der Waals surface area contributed by atoms with Gasteiger partial charge in [-0.2, -0.15) is 0 Å². The number of hydrogen-bond acceptors (Lipinski definition) is 2. The normalized spacial score (nSPS) is 10.3. The van der Waals surface area contributed by atoms with Gasteiger partial charge in [0.25, 0.3) is 5.91 Å². The fraction of sp³-hybridized carbons (Fsp3) is 0. The monoisotopic (exact) mass is 342 g/mol. The lowest BCUT2D eigenvalue weighted by Gasteiger charge is -2.08. The van der Waals surface area contributed by atoms with Crippen LogP contribution in [0, 0.1) is 5.82 Å². The fourth-order valence-electron chi connectivity index (χ4n) is 1.52. The molecule has 0 spiro atoms. The zero-order chi connectivity index (χ0) is 14.0. The number of nitrogens with two attached hydrogens (primary N) is 1. The Morgan fingerprint density at radius 1 is 1.26 bits per heavy atom. The zero-order valence-electron chi connectivity index (χ0n) is 9.58. The van der Waals surface area contributed by atoms with Gasteiger partial charge in [0.2, 0.25) is 0 Å². The van der Waals surface area contributed by atoms with Gasteiger partial charge < -0.3 is 11.1 Å². The Bertz CT molecular complexity index is 628. The second-order valence-corrected chi connectivity index (χ2v) is 5.17. The van der Waals surface area contributed by atoms with Crippen molar-refractivity contribution in [3.8, 4) is 0 Å². The largest absolute Gasteiger partial charge is 0.399 e. The van der Waals surface area contributed by atoms with E-state index in [2.05, 4.69) is 21.2 Å². The van der Waals surface area contributed by atoms with Crippen LogP contribution in [0.15, 0.2) is 40.9 Å². The van der Waals surface area contributed by atoms with Crippen molar-refractivity contribution < 1.29 is 9.18 Å². The highest BCUT2D eigenvalue weighted by Gasteiger charge is 2.10. The highest BCUT2D eigenvalue weighted by Crippen LogP contribution is 2.25. The van der Waals surface area contributed by atoms with Crippen molar-refractivity contribution >= 4 is 44.8 Å². The minimum atomic E-state index is -0.502. The summed E-state index contributed by atoms with van der Waals surface area (Å²) in [5, 5.41) is 2.94. The highest BCUT2D eigenvalue weighted by atomic mass is 79.9. The maximum atomic E-state index is 13.2. The van der Waals surface area contributed by atoms with E-state index in [4.69, 9.17) is 17.3 Å². The van der Waals surface area contributed by atoms with Crippen LogP contribution in [-0.2, 0) is 0 Å². The molecule has 0 saturated heterocycles. The van der Waals surface area contributed by atoms with Gasteiger partial charge in [-0.1, -0.05) is 27.5 Å². The zero-order valence-corrected chi connectivity index (χ0v) is 11.9. The number of halogens is 3. The average molecular weight is 344 g/mol. The average Bonchev–Trinajstić information content (AvgIpc) is 2.32. The van der Waals surface area contributed by atoms with Crippen molar-refractivity contribution in [1.82, 2.24) is 0 Å². The quantitative estimate of drug-likeness (QED) is 0.807. The summed E-state index contributed by atoms with van der Waals surface area (Å²) in [7, 11) is 0. The number of anilines is 2. The molecule has 0 aliphatic heterocycles. The predicted molar refractivity (Wildman–Crippen MR) is 77.9 cm³/mol. The van der Waals surface area contributed by atoms with Gasteiger partial charge in [-0.05, 0) is 36.4 Å². The van der Waals surface area contributed by atoms with Crippen LogP contribution in [0.3, 0.4) is 0 Å². The molecule has 19 heavy (non-hydrogen) atoms. The standard InChI is InChI=1S/C13H9BrClFN2O/c14-8-3-7(4-9(16)5-8)13(19)18-12-6-10(17)1-2-11(12)15/h1-6H,17H2,(H,18,19). The summed E-state index contributed by atoms with van der Waals surface area (Å²) < 4.78 is 13.7. The number of nitrogen functional groups attached to an aromatic ring is 1. The Morgan fingerprint density at radius 3 is 2.68 bits per heavy atom. The maximum Gasteiger partial charge on any atom is 0.255 e. The number of nitrogens with one attached hydrogen (secondary N) is 1. The number of carbonyl (C=O) groups excluding carboxylic acids is 1. The summed E-state index contributed by atoms with van der Waals surface area (Å²) in [5.74, 6) is -0.967. The Morgan fingerprint density at radius 2 is 2.00 bits per heavy atom. The molecule has 0 bridgehead atoms. The molecule has 0 saturated carbocycles. The molecule has 98 valence electrons. The SMILES string of the molecule is Nc1ccc(Cl)c(NC(=O)c2cc(F)cc(Br)c2)c1. The van der Waals surface area contributed by atoms with Crippen LogP contribution in [0.25, 0.3) is 0 Å². The summed E-state index contributed by atoms with van der Waals surface area (Å²) in [4.78, 5) is 12.0. The van der Waals surface area contributed by atoms with Crippen molar-refractivity contribution in [2.24, 2.45) is 0 Å². The Balaban J connectivity index is 2.28. The van der Waals surface area contributed by atoms with E-state index < -0.39 is 11.7 Å². The van der Waals surface area contributed by atoms with E-state index in [0.717, 1.165) is 6.07 Å². The molecule has 3 N–H and O–H groups in total. The lowest BCUT2D eigenvalue weighted by atomic mass is 10.2. The predicted octanol–water partition coefficient (Wildman–Crippen LogP) is 4.08. The van der Waals surface area contributed by atoms with Crippen LogP contribution < -0.4 is 11.1 Å². The first-order valence-electron chi connectivity index (χ1n) is 5.28. The third-order valence-corrected chi connectivity index (χ3v) is 3.15. The van der Waals surface area contributed by atoms with Gasteiger partial charge in [-0.15, -0.1) is 0 Å². The molecule has 0 aliphatic rings. The van der Waals surface area contributed by atoms with Crippen molar-refractivity contribution in [1.29, 1.82) is 0 Å². The van der Waals surface area contributed by atoms with Crippen molar-refractivity contribution in [2.75, 3.05) is 11.1 Å². The molecule has 2 aromatic carbocycles. The minimum absolute atomic E-state index is 0.186. The third kappa shape index (κ3) is 3.45. The highest BCUT2D eigenvalue weighted by molar-refractivity contribution is 9.10. The fourth-order valence-corrected chi connectivity index (χ4v) is 2.15. The second kappa shape index (κ2) is 5.59. The molecule has 0 atom stereocenters. The van der Waals surface area contributed by atoms with E-state index in [1.54, 1.807) is 12.1 Å².